The molecule has 2 aliphatic rings. The fourth-order valence-electron chi connectivity index (χ4n) is 2.84. The molecule has 1 unspecified atom stereocenters. The van der Waals surface area contributed by atoms with Crippen LogP contribution in [0.3, 0.4) is 0 Å². The lowest BCUT2D eigenvalue weighted by molar-refractivity contribution is -0.122. The van der Waals surface area contributed by atoms with Crippen LogP contribution in [0.25, 0.3) is 0 Å². The number of sulfonamides is 1. The second kappa shape index (κ2) is 5.18. The normalized spacial score (nSPS) is 22.4. The Hall–Kier alpha value is -1.40. The van der Waals surface area contributed by atoms with Crippen LogP contribution in [0.2, 0.25) is 0 Å². The van der Waals surface area contributed by atoms with E-state index in [1.54, 1.807) is 12.1 Å². The van der Waals surface area contributed by atoms with Gasteiger partial charge in [0.25, 0.3) is 0 Å². The third-order valence-electron chi connectivity index (χ3n) is 3.97. The van der Waals surface area contributed by atoms with Crippen LogP contribution in [0.4, 0.5) is 0 Å². The topological polar surface area (TPSA) is 75.3 Å². The number of piperidine rings is 1. The SMILES string of the molecule is O=C1CCC(NS(=O)(=O)c2ccc3c(c2)CCC3)CN1. The highest BCUT2D eigenvalue weighted by Gasteiger charge is 2.25. The second-order valence-corrected chi connectivity index (χ2v) is 7.16. The summed E-state index contributed by atoms with van der Waals surface area (Å²) in [6, 6.07) is 5.16. The summed E-state index contributed by atoms with van der Waals surface area (Å²) < 4.78 is 27.4. The number of nitrogens with one attached hydrogen (secondary N) is 2. The average molecular weight is 294 g/mol. The first-order chi connectivity index (χ1) is 9.54. The van der Waals surface area contributed by atoms with Gasteiger partial charge in [0.15, 0.2) is 0 Å². The van der Waals surface area contributed by atoms with Gasteiger partial charge in [0.1, 0.15) is 0 Å². The highest BCUT2D eigenvalue weighted by Crippen LogP contribution is 2.24. The molecule has 1 saturated heterocycles. The van der Waals surface area contributed by atoms with Crippen molar-refractivity contribution in [2.24, 2.45) is 0 Å². The second-order valence-electron chi connectivity index (χ2n) is 5.45. The van der Waals surface area contributed by atoms with Gasteiger partial charge >= 0.3 is 0 Å². The summed E-state index contributed by atoms with van der Waals surface area (Å²) in [5.41, 5.74) is 2.40. The van der Waals surface area contributed by atoms with Crippen LogP contribution in [-0.4, -0.2) is 26.9 Å². The van der Waals surface area contributed by atoms with E-state index in [1.165, 1.54) is 5.56 Å². The van der Waals surface area contributed by atoms with E-state index in [1.807, 2.05) is 6.07 Å². The Kier molecular flexibility index (Phi) is 3.52. The zero-order valence-electron chi connectivity index (χ0n) is 11.2. The van der Waals surface area contributed by atoms with Crippen LogP contribution in [0, 0.1) is 0 Å². The van der Waals surface area contributed by atoms with Gasteiger partial charge in [-0.3, -0.25) is 4.79 Å². The smallest absolute Gasteiger partial charge is 0.240 e. The quantitative estimate of drug-likeness (QED) is 0.863. The van der Waals surface area contributed by atoms with Gasteiger partial charge < -0.3 is 5.32 Å². The zero-order valence-corrected chi connectivity index (χ0v) is 12.0. The molecule has 1 heterocycles. The molecule has 1 atom stereocenters. The fourth-order valence-corrected chi connectivity index (χ4v) is 4.16. The first-order valence-corrected chi connectivity index (χ1v) is 8.44. The Morgan fingerprint density at radius 1 is 1.15 bits per heavy atom. The summed E-state index contributed by atoms with van der Waals surface area (Å²) >= 11 is 0. The molecule has 2 N–H and O–H groups in total. The number of hydrogen-bond donors (Lipinski definition) is 2. The van der Waals surface area contributed by atoms with E-state index >= 15 is 0 Å². The summed E-state index contributed by atoms with van der Waals surface area (Å²) in [7, 11) is -3.50. The van der Waals surface area contributed by atoms with E-state index in [0.29, 0.717) is 24.3 Å². The van der Waals surface area contributed by atoms with Crippen molar-refractivity contribution in [3.63, 3.8) is 0 Å². The lowest BCUT2D eigenvalue weighted by Gasteiger charge is -2.23. The number of benzene rings is 1. The Bertz CT molecular complexity index is 630. The molecule has 0 saturated carbocycles. The summed E-state index contributed by atoms with van der Waals surface area (Å²) in [4.78, 5) is 11.4. The number of amides is 1. The van der Waals surface area contributed by atoms with E-state index in [-0.39, 0.29) is 11.9 Å². The van der Waals surface area contributed by atoms with Crippen molar-refractivity contribution in [3.05, 3.63) is 29.3 Å². The Morgan fingerprint density at radius 3 is 2.70 bits per heavy atom. The molecule has 1 aromatic carbocycles. The number of hydrogen-bond acceptors (Lipinski definition) is 3. The molecule has 3 rings (SSSR count). The van der Waals surface area contributed by atoms with Crippen molar-refractivity contribution in [1.82, 2.24) is 10.0 Å². The van der Waals surface area contributed by atoms with Crippen molar-refractivity contribution in [1.29, 1.82) is 0 Å². The van der Waals surface area contributed by atoms with E-state index in [9.17, 15) is 13.2 Å². The Balaban J connectivity index is 1.76. The van der Waals surface area contributed by atoms with Crippen LogP contribution in [0.5, 0.6) is 0 Å². The van der Waals surface area contributed by atoms with E-state index in [2.05, 4.69) is 10.0 Å². The fraction of sp³-hybridized carbons (Fsp3) is 0.500. The van der Waals surface area contributed by atoms with E-state index in [0.717, 1.165) is 24.8 Å². The largest absolute Gasteiger partial charge is 0.355 e. The molecule has 1 amide bonds. The first kappa shape index (κ1) is 13.6. The van der Waals surface area contributed by atoms with Crippen molar-refractivity contribution < 1.29 is 13.2 Å². The molecule has 6 heteroatoms. The van der Waals surface area contributed by atoms with Gasteiger partial charge in [0.2, 0.25) is 15.9 Å². The Morgan fingerprint density at radius 2 is 1.95 bits per heavy atom. The van der Waals surface area contributed by atoms with Gasteiger partial charge in [-0.15, -0.1) is 0 Å². The minimum Gasteiger partial charge on any atom is -0.355 e. The third kappa shape index (κ3) is 2.71. The summed E-state index contributed by atoms with van der Waals surface area (Å²) in [5.74, 6) is -0.0158. The third-order valence-corrected chi connectivity index (χ3v) is 5.49. The maximum atomic E-state index is 12.4. The van der Waals surface area contributed by atoms with Crippen LogP contribution in [0.15, 0.2) is 23.1 Å². The van der Waals surface area contributed by atoms with Crippen molar-refractivity contribution in [3.8, 4) is 0 Å². The predicted octanol–water partition coefficient (Wildman–Crippen LogP) is 0.732. The summed E-state index contributed by atoms with van der Waals surface area (Å²) in [6.07, 6.45) is 4.02. The lowest BCUT2D eigenvalue weighted by Crippen LogP contribution is -2.47. The van der Waals surface area contributed by atoms with Crippen molar-refractivity contribution in [2.75, 3.05) is 6.54 Å². The standard InChI is InChI=1S/C14H18N2O3S/c17-14-7-5-12(9-15-14)16-20(18,19)13-6-4-10-2-1-3-11(10)8-13/h4,6,8,12,16H,1-3,5,7,9H2,(H,15,17). The minimum atomic E-state index is -3.50. The molecule has 1 aliphatic heterocycles. The van der Waals surface area contributed by atoms with E-state index < -0.39 is 10.0 Å². The van der Waals surface area contributed by atoms with E-state index in [4.69, 9.17) is 0 Å². The summed E-state index contributed by atoms with van der Waals surface area (Å²) in [5, 5.41) is 2.68. The molecule has 20 heavy (non-hydrogen) atoms. The number of carbonyl (C=O) groups excluding carboxylic acids is 1. The van der Waals surface area contributed by atoms with Gasteiger partial charge in [-0.1, -0.05) is 6.07 Å². The molecule has 1 aliphatic carbocycles. The predicted molar refractivity (Wildman–Crippen MR) is 74.8 cm³/mol. The number of fused-ring (bicyclic) bond motifs is 1. The molecular formula is C14H18N2O3S. The Labute approximate surface area is 118 Å². The lowest BCUT2D eigenvalue weighted by atomic mass is 10.1. The monoisotopic (exact) mass is 294 g/mol. The maximum absolute atomic E-state index is 12.4. The maximum Gasteiger partial charge on any atom is 0.240 e. The number of rotatable bonds is 3. The van der Waals surface area contributed by atoms with Crippen LogP contribution >= 0.6 is 0 Å². The van der Waals surface area contributed by atoms with Crippen molar-refractivity contribution in [2.45, 2.75) is 43.0 Å². The molecule has 0 spiro atoms. The molecule has 0 bridgehead atoms. The minimum absolute atomic E-state index is 0.0158. The molecule has 108 valence electrons. The summed E-state index contributed by atoms with van der Waals surface area (Å²) in [6.45, 7) is 0.364. The molecule has 1 fully saturated rings. The molecule has 0 radical (unpaired) electrons. The first-order valence-electron chi connectivity index (χ1n) is 6.95. The average Bonchev–Trinajstić information content (AvgIpc) is 2.88. The number of carbonyl (C=O) groups is 1. The van der Waals surface area contributed by atoms with Gasteiger partial charge in [-0.25, -0.2) is 13.1 Å². The molecular weight excluding hydrogens is 276 g/mol. The zero-order chi connectivity index (χ0) is 14.2. The van der Waals surface area contributed by atoms with Gasteiger partial charge in [0.05, 0.1) is 4.90 Å². The molecule has 1 aromatic rings. The van der Waals surface area contributed by atoms with Gasteiger partial charge in [0, 0.05) is 19.0 Å². The molecule has 0 aromatic heterocycles. The number of aryl methyl sites for hydroxylation is 2. The van der Waals surface area contributed by atoms with Gasteiger partial charge in [-0.2, -0.15) is 0 Å². The molecule has 5 nitrogen and oxygen atoms in total. The van der Waals surface area contributed by atoms with Crippen LogP contribution in [0.1, 0.15) is 30.4 Å². The highest BCUT2D eigenvalue weighted by atomic mass is 32.2. The van der Waals surface area contributed by atoms with Crippen LogP contribution < -0.4 is 10.0 Å². The highest BCUT2D eigenvalue weighted by molar-refractivity contribution is 7.89. The van der Waals surface area contributed by atoms with Gasteiger partial charge in [-0.05, 0) is 48.9 Å². The van der Waals surface area contributed by atoms with Crippen LogP contribution in [-0.2, 0) is 27.7 Å². The van der Waals surface area contributed by atoms with Crippen molar-refractivity contribution >= 4 is 15.9 Å².